The Morgan fingerprint density at radius 1 is 0.870 bits per heavy atom. The van der Waals surface area contributed by atoms with Crippen molar-refractivity contribution in [1.82, 2.24) is 0 Å². The van der Waals surface area contributed by atoms with Crippen LogP contribution in [0, 0.1) is 0 Å². The Morgan fingerprint density at radius 2 is 1.61 bits per heavy atom. The van der Waals surface area contributed by atoms with E-state index >= 15 is 0 Å². The van der Waals surface area contributed by atoms with Crippen molar-refractivity contribution in [2.45, 2.75) is 31.8 Å². The van der Waals surface area contributed by atoms with Gasteiger partial charge < -0.3 is 20.4 Å². The van der Waals surface area contributed by atoms with Crippen molar-refractivity contribution in [3.8, 4) is 17.2 Å². The van der Waals surface area contributed by atoms with Crippen molar-refractivity contribution in [2.75, 3.05) is 0 Å². The standard InChI is InChI=1S/C19H22O4/c20-16(11-7-15-8-12-18(22)19(23)13-15)4-2-1-3-14-5-9-17(21)10-6-14/h1,3,5-6,8-10,12-13,16,20-23H,2,4,7,11H2. The van der Waals surface area contributed by atoms with E-state index in [2.05, 4.69) is 0 Å². The number of aliphatic hydroxyl groups is 1. The third kappa shape index (κ3) is 5.68. The maximum absolute atomic E-state index is 9.99. The number of phenolic OH excluding ortho intramolecular Hbond substituents is 3. The van der Waals surface area contributed by atoms with E-state index in [0.717, 1.165) is 17.5 Å². The Hall–Kier alpha value is -2.46. The fraction of sp³-hybridized carbons (Fsp3) is 0.263. The van der Waals surface area contributed by atoms with Crippen molar-refractivity contribution in [2.24, 2.45) is 0 Å². The van der Waals surface area contributed by atoms with E-state index < -0.39 is 6.10 Å². The predicted octanol–water partition coefficient (Wildman–Crippen LogP) is 3.59. The molecule has 2 aromatic carbocycles. The van der Waals surface area contributed by atoms with Gasteiger partial charge in [0, 0.05) is 0 Å². The summed E-state index contributed by atoms with van der Waals surface area (Å²) in [5.41, 5.74) is 1.90. The number of hydrogen-bond acceptors (Lipinski definition) is 4. The Balaban J connectivity index is 1.71. The minimum absolute atomic E-state index is 0.131. The number of aromatic hydroxyl groups is 3. The molecular weight excluding hydrogens is 292 g/mol. The molecule has 0 bridgehead atoms. The fourth-order valence-corrected chi connectivity index (χ4v) is 2.30. The molecule has 0 aliphatic heterocycles. The summed E-state index contributed by atoms with van der Waals surface area (Å²) in [4.78, 5) is 0. The van der Waals surface area contributed by atoms with Crippen LogP contribution in [0.1, 0.15) is 30.4 Å². The van der Waals surface area contributed by atoms with Crippen LogP contribution in [0.5, 0.6) is 17.2 Å². The molecule has 0 aromatic heterocycles. The largest absolute Gasteiger partial charge is 0.508 e. The van der Waals surface area contributed by atoms with Gasteiger partial charge in [-0.3, -0.25) is 0 Å². The van der Waals surface area contributed by atoms with E-state index in [1.165, 1.54) is 12.1 Å². The Bertz CT molecular complexity index is 647. The van der Waals surface area contributed by atoms with Crippen LogP contribution >= 0.6 is 0 Å². The normalized spacial score (nSPS) is 12.6. The number of benzene rings is 2. The van der Waals surface area contributed by atoms with Gasteiger partial charge in [0.2, 0.25) is 0 Å². The monoisotopic (exact) mass is 314 g/mol. The van der Waals surface area contributed by atoms with E-state index in [1.54, 1.807) is 18.2 Å². The van der Waals surface area contributed by atoms with Crippen molar-refractivity contribution < 1.29 is 20.4 Å². The molecule has 0 spiro atoms. The maximum atomic E-state index is 9.99. The van der Waals surface area contributed by atoms with Crippen LogP contribution in [0.15, 0.2) is 48.5 Å². The molecule has 0 radical (unpaired) electrons. The molecule has 0 saturated carbocycles. The average Bonchev–Trinajstić information content (AvgIpc) is 2.54. The van der Waals surface area contributed by atoms with Gasteiger partial charge in [-0.1, -0.05) is 30.4 Å². The molecule has 0 heterocycles. The van der Waals surface area contributed by atoms with Gasteiger partial charge in [0.15, 0.2) is 11.5 Å². The van der Waals surface area contributed by atoms with Gasteiger partial charge in [0.1, 0.15) is 5.75 Å². The first kappa shape index (κ1) is 16.9. The predicted molar refractivity (Wildman–Crippen MR) is 90.5 cm³/mol. The molecule has 0 amide bonds. The lowest BCUT2D eigenvalue weighted by Gasteiger charge is -2.09. The first-order valence-corrected chi connectivity index (χ1v) is 7.69. The number of phenols is 3. The van der Waals surface area contributed by atoms with Gasteiger partial charge in [0.05, 0.1) is 6.10 Å². The molecule has 0 fully saturated rings. The Kier molecular flexibility index (Phi) is 6.06. The van der Waals surface area contributed by atoms with Gasteiger partial charge >= 0.3 is 0 Å². The maximum Gasteiger partial charge on any atom is 0.157 e. The molecule has 4 nitrogen and oxygen atoms in total. The minimum atomic E-state index is -0.407. The van der Waals surface area contributed by atoms with Gasteiger partial charge in [-0.25, -0.2) is 0 Å². The molecule has 0 aliphatic rings. The van der Waals surface area contributed by atoms with Crippen molar-refractivity contribution in [3.63, 3.8) is 0 Å². The lowest BCUT2D eigenvalue weighted by Crippen LogP contribution is -2.07. The topological polar surface area (TPSA) is 80.9 Å². The molecule has 4 heteroatoms. The second-order valence-corrected chi connectivity index (χ2v) is 5.59. The fourth-order valence-electron chi connectivity index (χ4n) is 2.30. The highest BCUT2D eigenvalue weighted by atomic mass is 16.3. The van der Waals surface area contributed by atoms with Gasteiger partial charge in [-0.15, -0.1) is 0 Å². The summed E-state index contributed by atoms with van der Waals surface area (Å²) in [5, 5.41) is 37.9. The number of allylic oxidation sites excluding steroid dienone is 1. The lowest BCUT2D eigenvalue weighted by molar-refractivity contribution is 0.156. The van der Waals surface area contributed by atoms with Crippen LogP contribution < -0.4 is 0 Å². The summed E-state index contributed by atoms with van der Waals surface area (Å²) < 4.78 is 0. The zero-order chi connectivity index (χ0) is 16.7. The quantitative estimate of drug-likeness (QED) is 0.589. The van der Waals surface area contributed by atoms with E-state index in [-0.39, 0.29) is 17.2 Å². The smallest absolute Gasteiger partial charge is 0.157 e. The van der Waals surface area contributed by atoms with Crippen LogP contribution in [0.4, 0.5) is 0 Å². The molecular formula is C19H22O4. The zero-order valence-corrected chi connectivity index (χ0v) is 12.9. The summed E-state index contributed by atoms with van der Waals surface area (Å²) in [5.74, 6) is -0.0136. The van der Waals surface area contributed by atoms with Gasteiger partial charge in [-0.05, 0) is 61.1 Å². The van der Waals surface area contributed by atoms with E-state index in [9.17, 15) is 20.4 Å². The summed E-state index contributed by atoms with van der Waals surface area (Å²) in [6, 6.07) is 11.7. The van der Waals surface area contributed by atoms with E-state index in [4.69, 9.17) is 0 Å². The van der Waals surface area contributed by atoms with Crippen LogP contribution in [-0.2, 0) is 6.42 Å². The van der Waals surface area contributed by atoms with E-state index in [1.807, 2.05) is 24.3 Å². The molecule has 23 heavy (non-hydrogen) atoms. The summed E-state index contributed by atoms with van der Waals surface area (Å²) >= 11 is 0. The van der Waals surface area contributed by atoms with Crippen LogP contribution in [0.25, 0.3) is 6.08 Å². The highest BCUT2D eigenvalue weighted by Gasteiger charge is 2.05. The number of aryl methyl sites for hydroxylation is 1. The van der Waals surface area contributed by atoms with Crippen molar-refractivity contribution >= 4 is 6.08 Å². The summed E-state index contributed by atoms with van der Waals surface area (Å²) in [6.45, 7) is 0. The lowest BCUT2D eigenvalue weighted by atomic mass is 10.0. The molecule has 2 aromatic rings. The first-order valence-electron chi connectivity index (χ1n) is 7.69. The molecule has 2 rings (SSSR count). The SMILES string of the molecule is Oc1ccc(C=CCCC(O)CCc2ccc(O)c(O)c2)cc1. The van der Waals surface area contributed by atoms with Gasteiger partial charge in [-0.2, -0.15) is 0 Å². The second-order valence-electron chi connectivity index (χ2n) is 5.59. The Labute approximate surface area is 136 Å². The average molecular weight is 314 g/mol. The number of hydrogen-bond donors (Lipinski definition) is 4. The van der Waals surface area contributed by atoms with Crippen molar-refractivity contribution in [1.29, 1.82) is 0 Å². The molecule has 1 unspecified atom stereocenters. The first-order chi connectivity index (χ1) is 11.0. The van der Waals surface area contributed by atoms with Crippen LogP contribution in [0.2, 0.25) is 0 Å². The Morgan fingerprint density at radius 3 is 2.30 bits per heavy atom. The molecule has 122 valence electrons. The zero-order valence-electron chi connectivity index (χ0n) is 12.9. The second kappa shape index (κ2) is 8.25. The van der Waals surface area contributed by atoms with Gasteiger partial charge in [0.25, 0.3) is 0 Å². The van der Waals surface area contributed by atoms with Crippen LogP contribution in [0.3, 0.4) is 0 Å². The molecule has 0 aliphatic carbocycles. The highest BCUT2D eigenvalue weighted by Crippen LogP contribution is 2.25. The third-order valence-corrected chi connectivity index (χ3v) is 3.68. The van der Waals surface area contributed by atoms with Crippen LogP contribution in [-0.4, -0.2) is 26.5 Å². The third-order valence-electron chi connectivity index (χ3n) is 3.68. The molecule has 4 N–H and O–H groups in total. The summed E-state index contributed by atoms with van der Waals surface area (Å²) in [7, 11) is 0. The minimum Gasteiger partial charge on any atom is -0.508 e. The molecule has 1 atom stereocenters. The number of rotatable bonds is 7. The number of aliphatic hydroxyl groups excluding tert-OH is 1. The summed E-state index contributed by atoms with van der Waals surface area (Å²) in [6.07, 6.45) is 6.25. The molecule has 0 saturated heterocycles. The van der Waals surface area contributed by atoms with E-state index in [0.29, 0.717) is 19.3 Å². The van der Waals surface area contributed by atoms with Crippen molar-refractivity contribution in [3.05, 3.63) is 59.7 Å². The highest BCUT2D eigenvalue weighted by molar-refractivity contribution is 5.50.